The summed E-state index contributed by atoms with van der Waals surface area (Å²) >= 11 is 0. The fraction of sp³-hybridized carbons (Fsp3) is 0.364. The molecule has 1 atom stereocenters. The molecule has 0 aliphatic carbocycles. The highest BCUT2D eigenvalue weighted by atomic mass is 16.6. The summed E-state index contributed by atoms with van der Waals surface area (Å²) in [7, 11) is 0. The van der Waals surface area contributed by atoms with E-state index >= 15 is 0 Å². The molecule has 0 aliphatic heterocycles. The summed E-state index contributed by atoms with van der Waals surface area (Å²) in [5, 5.41) is 22.1. The van der Waals surface area contributed by atoms with Crippen LogP contribution in [0.3, 0.4) is 0 Å². The second-order valence-corrected chi connectivity index (χ2v) is 3.75. The molecule has 3 N–H and O–H groups in total. The largest absolute Gasteiger partial charge is 0.482 e. The number of nitro benzene ring substituents is 1. The molecular formula is C11H15N3O4. The molecule has 0 fully saturated rings. The van der Waals surface area contributed by atoms with Gasteiger partial charge in [-0.3, -0.25) is 10.1 Å². The molecule has 0 heterocycles. The summed E-state index contributed by atoms with van der Waals surface area (Å²) in [6.45, 7) is 3.44. The van der Waals surface area contributed by atoms with Gasteiger partial charge in [-0.2, -0.15) is 0 Å². The van der Waals surface area contributed by atoms with E-state index in [1.54, 1.807) is 13.0 Å². The van der Waals surface area contributed by atoms with Crippen molar-refractivity contribution in [1.82, 2.24) is 0 Å². The molecule has 0 saturated carbocycles. The molecule has 0 amide bonds. The first-order valence-electron chi connectivity index (χ1n) is 5.38. The molecule has 0 aliphatic rings. The summed E-state index contributed by atoms with van der Waals surface area (Å²) in [5.41, 5.74) is 5.98. The average molecular weight is 253 g/mol. The zero-order chi connectivity index (χ0) is 13.7. The molecule has 0 radical (unpaired) electrons. The van der Waals surface area contributed by atoms with Crippen LogP contribution < -0.4 is 10.5 Å². The van der Waals surface area contributed by atoms with Gasteiger partial charge in [0.2, 0.25) is 0 Å². The highest BCUT2D eigenvalue weighted by Gasteiger charge is 2.16. The molecule has 1 aromatic rings. The third kappa shape index (κ3) is 3.09. The number of aryl methyl sites for hydroxylation is 1. The quantitative estimate of drug-likeness (QED) is 0.273. The van der Waals surface area contributed by atoms with Crippen LogP contribution in [0.25, 0.3) is 0 Å². The van der Waals surface area contributed by atoms with Gasteiger partial charge in [-0.15, -0.1) is 0 Å². The normalized spacial score (nSPS) is 13.1. The van der Waals surface area contributed by atoms with E-state index < -0.39 is 11.0 Å². The maximum atomic E-state index is 10.7. The predicted molar refractivity (Wildman–Crippen MR) is 65.9 cm³/mol. The Morgan fingerprint density at radius 2 is 2.33 bits per heavy atom. The minimum absolute atomic E-state index is 0.0270. The van der Waals surface area contributed by atoms with E-state index in [1.807, 2.05) is 6.92 Å². The van der Waals surface area contributed by atoms with Gasteiger partial charge >= 0.3 is 0 Å². The molecule has 0 saturated heterocycles. The number of oxime groups is 1. The second-order valence-electron chi connectivity index (χ2n) is 3.75. The van der Waals surface area contributed by atoms with Gasteiger partial charge in [-0.05, 0) is 25.5 Å². The van der Waals surface area contributed by atoms with Crippen molar-refractivity contribution >= 4 is 11.5 Å². The van der Waals surface area contributed by atoms with E-state index in [9.17, 15) is 10.1 Å². The minimum atomic E-state index is -0.559. The molecule has 0 spiro atoms. The van der Waals surface area contributed by atoms with Crippen LogP contribution in [0.4, 0.5) is 5.69 Å². The number of nitrogens with two attached hydrogens (primary N) is 1. The number of hydrogen-bond acceptors (Lipinski definition) is 5. The van der Waals surface area contributed by atoms with E-state index in [2.05, 4.69) is 5.16 Å². The fourth-order valence-corrected chi connectivity index (χ4v) is 1.49. The molecule has 7 heteroatoms. The Bertz CT molecular complexity index is 473. The van der Waals surface area contributed by atoms with Crippen molar-refractivity contribution in [2.75, 3.05) is 0 Å². The number of nitrogens with zero attached hydrogens (tertiary/aromatic N) is 2. The lowest BCUT2D eigenvalue weighted by atomic mass is 10.2. The van der Waals surface area contributed by atoms with E-state index in [0.717, 1.165) is 0 Å². The molecule has 98 valence electrons. The second kappa shape index (κ2) is 5.85. The first kappa shape index (κ1) is 13.8. The van der Waals surface area contributed by atoms with E-state index in [4.69, 9.17) is 15.7 Å². The van der Waals surface area contributed by atoms with Crippen molar-refractivity contribution in [3.8, 4) is 5.75 Å². The van der Waals surface area contributed by atoms with Gasteiger partial charge < -0.3 is 15.7 Å². The topological polar surface area (TPSA) is 111 Å². The number of benzene rings is 1. The number of amidine groups is 1. The van der Waals surface area contributed by atoms with Crippen LogP contribution in [0, 0.1) is 17.0 Å². The molecule has 0 bridgehead atoms. The summed E-state index contributed by atoms with van der Waals surface area (Å²) in [6.07, 6.45) is -0.0396. The van der Waals surface area contributed by atoms with Gasteiger partial charge in [0.1, 0.15) is 5.75 Å². The summed E-state index contributed by atoms with van der Waals surface area (Å²) in [4.78, 5) is 10.2. The Morgan fingerprint density at radius 1 is 1.67 bits per heavy atom. The maximum absolute atomic E-state index is 10.7. The van der Waals surface area contributed by atoms with Crippen LogP contribution in [-0.4, -0.2) is 22.1 Å². The minimum Gasteiger partial charge on any atom is -0.482 e. The first-order valence-corrected chi connectivity index (χ1v) is 5.38. The van der Waals surface area contributed by atoms with Gasteiger partial charge in [0, 0.05) is 11.6 Å². The monoisotopic (exact) mass is 253 g/mol. The molecule has 0 aromatic heterocycles. The van der Waals surface area contributed by atoms with Gasteiger partial charge in [-0.25, -0.2) is 0 Å². The lowest BCUT2D eigenvalue weighted by molar-refractivity contribution is -0.385. The highest BCUT2D eigenvalue weighted by Crippen LogP contribution is 2.24. The van der Waals surface area contributed by atoms with Crippen LogP contribution in [0.15, 0.2) is 23.4 Å². The Labute approximate surface area is 104 Å². The first-order chi connectivity index (χ1) is 8.49. The van der Waals surface area contributed by atoms with Crippen molar-refractivity contribution in [2.24, 2.45) is 10.9 Å². The van der Waals surface area contributed by atoms with E-state index in [0.29, 0.717) is 17.7 Å². The maximum Gasteiger partial charge on any atom is 0.272 e. The molecular weight excluding hydrogens is 238 g/mol. The summed E-state index contributed by atoms with van der Waals surface area (Å²) in [6, 6.07) is 4.40. The van der Waals surface area contributed by atoms with Crippen molar-refractivity contribution < 1.29 is 14.9 Å². The Kier molecular flexibility index (Phi) is 4.47. The van der Waals surface area contributed by atoms with Gasteiger partial charge in [0.05, 0.1) is 4.92 Å². The SMILES string of the molecule is CCC(Oc1ccc([N+](=O)[O-])c(C)c1)C(N)=NO. The summed E-state index contributed by atoms with van der Waals surface area (Å²) < 4.78 is 5.49. The third-order valence-electron chi connectivity index (χ3n) is 2.46. The lowest BCUT2D eigenvalue weighted by Crippen LogP contribution is -2.33. The predicted octanol–water partition coefficient (Wildman–Crippen LogP) is 1.81. The molecule has 1 aromatic carbocycles. The average Bonchev–Trinajstić information content (AvgIpc) is 2.34. The molecule has 18 heavy (non-hydrogen) atoms. The summed E-state index contributed by atoms with van der Waals surface area (Å²) in [5.74, 6) is 0.407. The van der Waals surface area contributed by atoms with Gasteiger partial charge in [0.15, 0.2) is 11.9 Å². The van der Waals surface area contributed by atoms with Gasteiger partial charge in [0.25, 0.3) is 5.69 Å². The number of rotatable bonds is 5. The third-order valence-corrected chi connectivity index (χ3v) is 2.46. The lowest BCUT2D eigenvalue weighted by Gasteiger charge is -2.16. The zero-order valence-corrected chi connectivity index (χ0v) is 10.2. The highest BCUT2D eigenvalue weighted by molar-refractivity contribution is 5.84. The van der Waals surface area contributed by atoms with E-state index in [-0.39, 0.29) is 11.5 Å². The van der Waals surface area contributed by atoms with E-state index in [1.165, 1.54) is 12.1 Å². The van der Waals surface area contributed by atoms with Crippen molar-refractivity contribution in [3.63, 3.8) is 0 Å². The Morgan fingerprint density at radius 3 is 2.78 bits per heavy atom. The standard InChI is InChI=1S/C11H15N3O4/c1-3-10(11(12)13-15)18-8-4-5-9(14(16)17)7(2)6-8/h4-6,10,15H,3H2,1-2H3,(H2,12,13). The number of hydrogen-bond donors (Lipinski definition) is 2. The molecule has 1 unspecified atom stereocenters. The van der Waals surface area contributed by atoms with Crippen molar-refractivity contribution in [3.05, 3.63) is 33.9 Å². The Balaban J connectivity index is 2.92. The van der Waals surface area contributed by atoms with Crippen LogP contribution >= 0.6 is 0 Å². The van der Waals surface area contributed by atoms with Crippen molar-refractivity contribution in [1.29, 1.82) is 0 Å². The number of ether oxygens (including phenoxy) is 1. The number of nitro groups is 1. The van der Waals surface area contributed by atoms with Crippen LogP contribution in [-0.2, 0) is 0 Å². The van der Waals surface area contributed by atoms with Crippen LogP contribution in [0.1, 0.15) is 18.9 Å². The fourth-order valence-electron chi connectivity index (χ4n) is 1.49. The van der Waals surface area contributed by atoms with Crippen LogP contribution in [0.2, 0.25) is 0 Å². The zero-order valence-electron chi connectivity index (χ0n) is 10.2. The van der Waals surface area contributed by atoms with Gasteiger partial charge in [-0.1, -0.05) is 12.1 Å². The molecule has 7 nitrogen and oxygen atoms in total. The van der Waals surface area contributed by atoms with Crippen LogP contribution in [0.5, 0.6) is 5.75 Å². The van der Waals surface area contributed by atoms with Crippen molar-refractivity contribution in [2.45, 2.75) is 26.4 Å². The molecule has 1 rings (SSSR count). The Hall–Kier alpha value is -2.31. The smallest absolute Gasteiger partial charge is 0.272 e.